The molecule has 5 heteroatoms. The van der Waals surface area contributed by atoms with E-state index in [4.69, 9.17) is 4.55 Å². The summed E-state index contributed by atoms with van der Waals surface area (Å²) in [7, 11) is 0. The second kappa shape index (κ2) is 4.24. The van der Waals surface area contributed by atoms with Gasteiger partial charge in [0.1, 0.15) is 0 Å². The minimum absolute atomic E-state index is 0.147. The molecule has 0 radical (unpaired) electrons. The van der Waals surface area contributed by atoms with Crippen molar-refractivity contribution in [3.8, 4) is 0 Å². The molecule has 2 unspecified atom stereocenters. The fourth-order valence-electron chi connectivity index (χ4n) is 0.197. The summed E-state index contributed by atoms with van der Waals surface area (Å²) >= 11 is -0.669. The molecule has 0 saturated heterocycles. The van der Waals surface area contributed by atoms with E-state index in [0.29, 0.717) is 5.21 Å². The summed E-state index contributed by atoms with van der Waals surface area (Å²) in [6.07, 6.45) is 0. The molecule has 0 heterocycles. The summed E-state index contributed by atoms with van der Waals surface area (Å²) < 4.78 is 18.0. The van der Waals surface area contributed by atoms with Crippen molar-refractivity contribution in [2.45, 2.75) is 5.21 Å². The molecule has 0 fully saturated rings. The number of hydrogen-bond acceptors (Lipinski definition) is 2. The van der Waals surface area contributed by atoms with Gasteiger partial charge in [0.2, 0.25) is 0 Å². The molecule has 0 aliphatic carbocycles. The minimum atomic E-state index is -1.94. The summed E-state index contributed by atoms with van der Waals surface area (Å²) in [5.41, 5.74) is 0. The standard InChI is InChI=1S/C3H7AsO3S/c4-1-3(5)2-8(6)7/h1-2,4H2,(H,6,7). The van der Waals surface area contributed by atoms with E-state index >= 15 is 0 Å². The van der Waals surface area contributed by atoms with Crippen LogP contribution in [0.5, 0.6) is 0 Å². The van der Waals surface area contributed by atoms with Crippen LogP contribution in [0.15, 0.2) is 0 Å². The molecule has 0 rings (SSSR count). The van der Waals surface area contributed by atoms with Crippen LogP contribution in [-0.4, -0.2) is 37.2 Å². The van der Waals surface area contributed by atoms with Gasteiger partial charge in [0.15, 0.2) is 0 Å². The average molecular weight is 198 g/mol. The molecule has 2 atom stereocenters. The zero-order valence-corrected chi connectivity index (χ0v) is 7.40. The van der Waals surface area contributed by atoms with E-state index in [9.17, 15) is 9.00 Å². The predicted molar refractivity (Wildman–Crippen MR) is 34.0 cm³/mol. The Kier molecular flexibility index (Phi) is 4.42. The Labute approximate surface area is 58.6 Å². The third kappa shape index (κ3) is 4.50. The quantitative estimate of drug-likeness (QED) is 0.459. The zero-order chi connectivity index (χ0) is 6.57. The Bertz CT molecular complexity index is 113. The van der Waals surface area contributed by atoms with E-state index < -0.39 is 11.1 Å². The summed E-state index contributed by atoms with van der Waals surface area (Å²) in [6, 6.07) is 0. The van der Waals surface area contributed by atoms with Gasteiger partial charge >= 0.3 is 58.2 Å². The van der Waals surface area contributed by atoms with Gasteiger partial charge in [-0.2, -0.15) is 0 Å². The maximum absolute atomic E-state index is 10.3. The first kappa shape index (κ1) is 8.34. The molecule has 0 saturated carbocycles. The zero-order valence-electron chi connectivity index (χ0n) is 4.16. The van der Waals surface area contributed by atoms with E-state index in [-0.39, 0.29) is 11.5 Å². The molecular formula is C3H7AsO3S. The van der Waals surface area contributed by atoms with Crippen LogP contribution in [-0.2, 0) is 15.9 Å². The molecule has 0 amide bonds. The third-order valence-corrected chi connectivity index (χ3v) is 2.04. The van der Waals surface area contributed by atoms with E-state index in [1.807, 2.05) is 0 Å². The van der Waals surface area contributed by atoms with Crippen molar-refractivity contribution in [2.75, 3.05) is 5.75 Å². The molecule has 0 aromatic heterocycles. The summed E-state index contributed by atoms with van der Waals surface area (Å²) in [5.74, 6) is -0.357. The van der Waals surface area contributed by atoms with Gasteiger partial charge in [-0.15, -0.1) is 0 Å². The summed E-state index contributed by atoms with van der Waals surface area (Å²) in [4.78, 5) is 10.3. The average Bonchev–Trinajstić information content (AvgIpc) is 1.65. The number of rotatable bonds is 3. The number of ketones is 1. The topological polar surface area (TPSA) is 54.4 Å². The first-order valence-corrected chi connectivity index (χ1v) is 4.95. The van der Waals surface area contributed by atoms with E-state index in [1.165, 1.54) is 16.9 Å². The number of carbonyl (C=O) groups is 1. The van der Waals surface area contributed by atoms with Crippen LogP contribution >= 0.6 is 0 Å². The van der Waals surface area contributed by atoms with Crippen LogP contribution < -0.4 is 0 Å². The summed E-state index contributed by atoms with van der Waals surface area (Å²) in [5, 5.41) is 0.402. The third-order valence-electron chi connectivity index (χ3n) is 0.512. The second-order valence-corrected chi connectivity index (χ2v) is 3.00. The Morgan fingerprint density at radius 3 is 2.38 bits per heavy atom. The fraction of sp³-hybridized carbons (Fsp3) is 0.667. The van der Waals surface area contributed by atoms with Gasteiger partial charge in [0, 0.05) is 0 Å². The number of carbonyl (C=O) groups excluding carboxylic acids is 1. The van der Waals surface area contributed by atoms with Crippen molar-refractivity contribution >= 4 is 33.7 Å². The molecule has 0 aromatic rings. The van der Waals surface area contributed by atoms with Crippen LogP contribution in [0.25, 0.3) is 0 Å². The van der Waals surface area contributed by atoms with Gasteiger partial charge in [-0.3, -0.25) is 0 Å². The van der Waals surface area contributed by atoms with Gasteiger partial charge in [-0.25, -0.2) is 0 Å². The molecule has 0 spiro atoms. The van der Waals surface area contributed by atoms with Gasteiger partial charge < -0.3 is 0 Å². The Morgan fingerprint density at radius 2 is 2.25 bits per heavy atom. The number of Topliss-reactive ketones (excluding diaryl/α,β-unsaturated/α-hetero) is 1. The van der Waals surface area contributed by atoms with Gasteiger partial charge in [0.25, 0.3) is 0 Å². The first-order chi connectivity index (χ1) is 3.66. The van der Waals surface area contributed by atoms with Crippen LogP contribution in [0.2, 0.25) is 5.21 Å². The summed E-state index contributed by atoms with van der Waals surface area (Å²) in [6.45, 7) is 0. The predicted octanol–water partition coefficient (Wildman–Crippen LogP) is -1.17. The van der Waals surface area contributed by atoms with E-state index in [0.717, 1.165) is 0 Å². The van der Waals surface area contributed by atoms with Crippen molar-refractivity contribution in [1.29, 1.82) is 0 Å². The molecule has 8 heavy (non-hydrogen) atoms. The second-order valence-electron chi connectivity index (χ2n) is 1.21. The Morgan fingerprint density at radius 1 is 1.75 bits per heavy atom. The molecule has 1 N–H and O–H groups in total. The fourth-order valence-corrected chi connectivity index (χ4v) is 1.33. The van der Waals surface area contributed by atoms with Crippen molar-refractivity contribution in [3.05, 3.63) is 0 Å². The van der Waals surface area contributed by atoms with Crippen molar-refractivity contribution < 1.29 is 13.6 Å². The molecule has 0 aromatic carbocycles. The monoisotopic (exact) mass is 198 g/mol. The van der Waals surface area contributed by atoms with E-state index in [1.54, 1.807) is 0 Å². The van der Waals surface area contributed by atoms with Gasteiger partial charge in [-0.05, 0) is 0 Å². The molecule has 0 aliphatic rings. The SMILES string of the molecule is O=C(C[AsH2])CS(=O)O. The molecule has 0 bridgehead atoms. The van der Waals surface area contributed by atoms with Crippen LogP contribution in [0.1, 0.15) is 0 Å². The van der Waals surface area contributed by atoms with Crippen molar-refractivity contribution in [3.63, 3.8) is 0 Å². The molecule has 3 nitrogen and oxygen atoms in total. The van der Waals surface area contributed by atoms with Crippen molar-refractivity contribution in [1.82, 2.24) is 0 Å². The Balaban J connectivity index is 3.40. The molecule has 0 aliphatic heterocycles. The van der Waals surface area contributed by atoms with Crippen LogP contribution in [0, 0.1) is 0 Å². The molecular weight excluding hydrogens is 191 g/mol. The van der Waals surface area contributed by atoms with Crippen LogP contribution in [0.4, 0.5) is 0 Å². The van der Waals surface area contributed by atoms with Gasteiger partial charge in [-0.1, -0.05) is 0 Å². The number of hydrogen-bond donors (Lipinski definition) is 1. The maximum atomic E-state index is 10.3. The van der Waals surface area contributed by atoms with Crippen LogP contribution in [0.3, 0.4) is 0 Å². The van der Waals surface area contributed by atoms with Gasteiger partial charge in [0.05, 0.1) is 0 Å². The Hall–Kier alpha value is 0.338. The van der Waals surface area contributed by atoms with E-state index in [2.05, 4.69) is 0 Å². The molecule has 48 valence electrons. The van der Waals surface area contributed by atoms with Crippen molar-refractivity contribution in [2.24, 2.45) is 0 Å². The normalized spacial score (nSPS) is 13.2. The first-order valence-electron chi connectivity index (χ1n) is 1.96.